The molecule has 7 heteroatoms. The summed E-state index contributed by atoms with van der Waals surface area (Å²) in [4.78, 5) is 15.8. The molecule has 0 saturated heterocycles. The Bertz CT molecular complexity index is 592. The van der Waals surface area contributed by atoms with Crippen LogP contribution in [-0.2, 0) is 4.74 Å². The predicted octanol–water partition coefficient (Wildman–Crippen LogP) is 1.81. The Kier molecular flexibility index (Phi) is 4.21. The highest BCUT2D eigenvalue weighted by atomic mass is 16.5. The summed E-state index contributed by atoms with van der Waals surface area (Å²) in [6, 6.07) is 7.05. The molecular weight excluding hydrogens is 262 g/mol. The third-order valence-corrected chi connectivity index (χ3v) is 2.56. The molecule has 0 atom stereocenters. The number of oxazole rings is 1. The van der Waals surface area contributed by atoms with Crippen LogP contribution < -0.4 is 16.0 Å². The van der Waals surface area contributed by atoms with Crippen LogP contribution in [0.3, 0.4) is 0 Å². The lowest BCUT2D eigenvalue weighted by Gasteiger charge is -1.99. The van der Waals surface area contributed by atoms with Gasteiger partial charge in [0, 0.05) is 5.56 Å². The minimum atomic E-state index is -0.594. The number of esters is 1. The molecule has 0 spiro atoms. The summed E-state index contributed by atoms with van der Waals surface area (Å²) in [7, 11) is 1.58. The van der Waals surface area contributed by atoms with Crippen molar-refractivity contribution in [2.24, 2.45) is 5.84 Å². The van der Waals surface area contributed by atoms with Gasteiger partial charge in [-0.2, -0.15) is 4.98 Å². The van der Waals surface area contributed by atoms with Crippen molar-refractivity contribution in [1.29, 1.82) is 0 Å². The summed E-state index contributed by atoms with van der Waals surface area (Å²) < 4.78 is 15.3. The summed E-state index contributed by atoms with van der Waals surface area (Å²) >= 11 is 0. The van der Waals surface area contributed by atoms with Gasteiger partial charge in [0.1, 0.15) is 5.75 Å². The Morgan fingerprint density at radius 2 is 2.10 bits per heavy atom. The van der Waals surface area contributed by atoms with Crippen molar-refractivity contribution >= 4 is 11.9 Å². The van der Waals surface area contributed by atoms with Crippen molar-refractivity contribution in [1.82, 2.24) is 4.98 Å². The molecule has 3 N–H and O–H groups in total. The highest BCUT2D eigenvalue weighted by molar-refractivity contribution is 5.92. The van der Waals surface area contributed by atoms with Gasteiger partial charge in [0.2, 0.25) is 17.5 Å². The van der Waals surface area contributed by atoms with E-state index in [0.29, 0.717) is 11.3 Å². The first-order valence-electron chi connectivity index (χ1n) is 5.98. The third kappa shape index (κ3) is 2.72. The van der Waals surface area contributed by atoms with Crippen LogP contribution in [0.15, 0.2) is 28.7 Å². The zero-order valence-electron chi connectivity index (χ0n) is 11.2. The van der Waals surface area contributed by atoms with Crippen molar-refractivity contribution in [2.75, 3.05) is 19.1 Å². The van der Waals surface area contributed by atoms with E-state index in [-0.39, 0.29) is 24.1 Å². The molecule has 0 fully saturated rings. The maximum atomic E-state index is 11.7. The van der Waals surface area contributed by atoms with Crippen LogP contribution in [0.1, 0.15) is 17.4 Å². The Morgan fingerprint density at radius 3 is 2.65 bits per heavy atom. The molecular formula is C13H15N3O4. The molecule has 1 aromatic carbocycles. The number of nitrogen functional groups attached to an aromatic ring is 1. The fourth-order valence-corrected chi connectivity index (χ4v) is 1.61. The van der Waals surface area contributed by atoms with Crippen LogP contribution in [0.4, 0.5) is 5.88 Å². The summed E-state index contributed by atoms with van der Waals surface area (Å²) in [5, 5.41) is 0. The quantitative estimate of drug-likeness (QED) is 0.488. The molecule has 0 radical (unpaired) electrons. The fraction of sp³-hybridized carbons (Fsp3) is 0.231. The number of carbonyl (C=O) groups is 1. The van der Waals surface area contributed by atoms with E-state index in [1.165, 1.54) is 0 Å². The van der Waals surface area contributed by atoms with Crippen molar-refractivity contribution in [2.45, 2.75) is 6.92 Å². The van der Waals surface area contributed by atoms with E-state index >= 15 is 0 Å². The number of aromatic nitrogens is 1. The molecule has 2 rings (SSSR count). The number of nitrogens with one attached hydrogen (secondary N) is 1. The monoisotopic (exact) mass is 277 g/mol. The summed E-state index contributed by atoms with van der Waals surface area (Å²) in [6.45, 7) is 1.95. The Balaban J connectivity index is 2.34. The highest BCUT2D eigenvalue weighted by Gasteiger charge is 2.21. The Labute approximate surface area is 115 Å². The van der Waals surface area contributed by atoms with Crippen molar-refractivity contribution < 1.29 is 18.7 Å². The van der Waals surface area contributed by atoms with Crippen molar-refractivity contribution in [3.8, 4) is 17.2 Å². The van der Waals surface area contributed by atoms with Gasteiger partial charge in [0.15, 0.2) is 0 Å². The molecule has 20 heavy (non-hydrogen) atoms. The molecule has 0 amide bonds. The smallest absolute Gasteiger partial charge is 0.362 e. The van der Waals surface area contributed by atoms with Gasteiger partial charge >= 0.3 is 5.97 Å². The van der Waals surface area contributed by atoms with Gasteiger partial charge in [0.05, 0.1) is 13.7 Å². The molecule has 1 aromatic heterocycles. The second-order valence-electron chi connectivity index (χ2n) is 3.79. The Morgan fingerprint density at radius 1 is 1.40 bits per heavy atom. The normalized spacial score (nSPS) is 10.2. The topological polar surface area (TPSA) is 99.6 Å². The van der Waals surface area contributed by atoms with Gasteiger partial charge < -0.3 is 13.9 Å². The van der Waals surface area contributed by atoms with E-state index in [0.717, 1.165) is 0 Å². The number of ether oxygens (including phenoxy) is 2. The van der Waals surface area contributed by atoms with Gasteiger partial charge in [-0.3, -0.25) is 5.43 Å². The number of hydrogen-bond donors (Lipinski definition) is 2. The number of hydrogen-bond acceptors (Lipinski definition) is 7. The summed E-state index contributed by atoms with van der Waals surface area (Å²) in [5.74, 6) is 5.76. The molecule has 0 aliphatic heterocycles. The number of carbonyl (C=O) groups excluding carboxylic acids is 1. The zero-order chi connectivity index (χ0) is 14.5. The molecule has 0 aliphatic rings. The summed E-state index contributed by atoms with van der Waals surface area (Å²) in [6.07, 6.45) is 0. The first-order chi connectivity index (χ1) is 9.69. The number of nitrogens with zero attached hydrogens (tertiary/aromatic N) is 1. The first-order valence-corrected chi connectivity index (χ1v) is 5.98. The second kappa shape index (κ2) is 6.07. The van der Waals surface area contributed by atoms with Crippen LogP contribution in [0.5, 0.6) is 5.75 Å². The van der Waals surface area contributed by atoms with Gasteiger partial charge in [-0.05, 0) is 31.2 Å². The zero-order valence-corrected chi connectivity index (χ0v) is 11.2. The van der Waals surface area contributed by atoms with Crippen LogP contribution in [0, 0.1) is 0 Å². The van der Waals surface area contributed by atoms with E-state index in [1.807, 2.05) is 0 Å². The number of benzene rings is 1. The van der Waals surface area contributed by atoms with E-state index in [4.69, 9.17) is 19.7 Å². The highest BCUT2D eigenvalue weighted by Crippen LogP contribution is 2.27. The Hall–Kier alpha value is -2.54. The van der Waals surface area contributed by atoms with Crippen LogP contribution in [0.2, 0.25) is 0 Å². The fourth-order valence-electron chi connectivity index (χ4n) is 1.61. The van der Waals surface area contributed by atoms with E-state index in [1.54, 1.807) is 38.3 Å². The standard InChI is InChI=1S/C13H15N3O4/c1-3-19-13(17)10-12(16-14)20-11(15-10)8-4-6-9(18-2)7-5-8/h4-7,16H,3,14H2,1-2H3. The van der Waals surface area contributed by atoms with Gasteiger partial charge in [-0.25, -0.2) is 10.6 Å². The number of nitrogens with two attached hydrogens (primary N) is 1. The lowest BCUT2D eigenvalue weighted by molar-refractivity contribution is 0.0521. The van der Waals surface area contributed by atoms with Gasteiger partial charge in [0.25, 0.3) is 0 Å². The van der Waals surface area contributed by atoms with Crippen molar-refractivity contribution in [3.05, 3.63) is 30.0 Å². The predicted molar refractivity (Wildman–Crippen MR) is 72.3 cm³/mol. The number of anilines is 1. The number of hydrazine groups is 1. The van der Waals surface area contributed by atoms with E-state index in [9.17, 15) is 4.79 Å². The molecule has 1 heterocycles. The number of rotatable bonds is 5. The SMILES string of the molecule is CCOC(=O)c1nc(-c2ccc(OC)cc2)oc1NN. The maximum Gasteiger partial charge on any atom is 0.362 e. The van der Waals surface area contributed by atoms with Gasteiger partial charge in [-0.15, -0.1) is 0 Å². The lowest BCUT2D eigenvalue weighted by atomic mass is 10.2. The molecule has 0 bridgehead atoms. The second-order valence-corrected chi connectivity index (χ2v) is 3.79. The first kappa shape index (κ1) is 13.9. The lowest BCUT2D eigenvalue weighted by Crippen LogP contribution is -2.12. The molecule has 0 aliphatic carbocycles. The van der Waals surface area contributed by atoms with E-state index in [2.05, 4.69) is 10.4 Å². The van der Waals surface area contributed by atoms with Crippen LogP contribution >= 0.6 is 0 Å². The van der Waals surface area contributed by atoms with Gasteiger partial charge in [-0.1, -0.05) is 0 Å². The summed E-state index contributed by atoms with van der Waals surface area (Å²) in [5.41, 5.74) is 3.00. The minimum Gasteiger partial charge on any atom is -0.497 e. The van der Waals surface area contributed by atoms with Crippen LogP contribution in [-0.4, -0.2) is 24.7 Å². The maximum absolute atomic E-state index is 11.7. The molecule has 0 unspecified atom stereocenters. The third-order valence-electron chi connectivity index (χ3n) is 2.56. The minimum absolute atomic E-state index is 0.0140. The van der Waals surface area contributed by atoms with Crippen LogP contribution in [0.25, 0.3) is 11.5 Å². The molecule has 2 aromatic rings. The van der Waals surface area contributed by atoms with E-state index < -0.39 is 5.97 Å². The van der Waals surface area contributed by atoms with Crippen molar-refractivity contribution in [3.63, 3.8) is 0 Å². The number of methoxy groups -OCH3 is 1. The average molecular weight is 277 g/mol. The largest absolute Gasteiger partial charge is 0.497 e. The average Bonchev–Trinajstić information content (AvgIpc) is 2.92. The molecule has 0 saturated carbocycles. The molecule has 106 valence electrons. The molecule has 7 nitrogen and oxygen atoms in total.